The van der Waals surface area contributed by atoms with E-state index < -0.39 is 11.2 Å². The summed E-state index contributed by atoms with van der Waals surface area (Å²) in [5, 5.41) is 13.4. The van der Waals surface area contributed by atoms with Crippen molar-refractivity contribution in [3.05, 3.63) is 22.7 Å². The second-order valence-electron chi connectivity index (χ2n) is 3.12. The largest absolute Gasteiger partial charge is 0.502 e. The summed E-state index contributed by atoms with van der Waals surface area (Å²) < 4.78 is 4.76. The number of nitrogens with one attached hydrogen (secondary N) is 1. The van der Waals surface area contributed by atoms with Crippen LogP contribution in [0.2, 0.25) is 0 Å². The Morgan fingerprint density at radius 1 is 1.60 bits per heavy atom. The Hall–Kier alpha value is -1.53. The molecule has 0 aromatic carbocycles. The highest BCUT2D eigenvalue weighted by molar-refractivity contribution is 5.44. The van der Waals surface area contributed by atoms with Crippen LogP contribution in [0.5, 0.6) is 5.75 Å². The van der Waals surface area contributed by atoms with E-state index in [2.05, 4.69) is 5.32 Å². The zero-order valence-electron chi connectivity index (χ0n) is 8.56. The van der Waals surface area contributed by atoms with Crippen LogP contribution in [-0.2, 0) is 0 Å². The Kier molecular flexibility index (Phi) is 4.14. The molecular weight excluding hydrogens is 198 g/mol. The number of nitrogens with two attached hydrogens (primary N) is 1. The lowest BCUT2D eigenvalue weighted by atomic mass is 10.3. The molecule has 0 spiro atoms. The second-order valence-corrected chi connectivity index (χ2v) is 3.12. The van der Waals surface area contributed by atoms with Crippen LogP contribution >= 0.6 is 0 Å². The minimum atomic E-state index is -0.520. The summed E-state index contributed by atoms with van der Waals surface area (Å²) >= 11 is 0. The van der Waals surface area contributed by atoms with Crippen molar-refractivity contribution >= 4 is 5.69 Å². The molecule has 0 fully saturated rings. The van der Waals surface area contributed by atoms with Crippen LogP contribution < -0.4 is 21.6 Å². The first kappa shape index (κ1) is 11.5. The second kappa shape index (κ2) is 5.38. The first-order valence-corrected chi connectivity index (χ1v) is 4.63. The standard InChI is InChI=1S/C9H15N3O3/c1-11-3-2-4-12(10)7-5-15-6-8(13)9(7)14/h5-6,11,13H,2-4,10H2,1H3. The van der Waals surface area contributed by atoms with Crippen molar-refractivity contribution in [2.24, 2.45) is 5.84 Å². The summed E-state index contributed by atoms with van der Waals surface area (Å²) in [6, 6.07) is 0. The van der Waals surface area contributed by atoms with Crippen LogP contribution in [0.25, 0.3) is 0 Å². The van der Waals surface area contributed by atoms with Gasteiger partial charge >= 0.3 is 0 Å². The third kappa shape index (κ3) is 2.97. The van der Waals surface area contributed by atoms with Crippen LogP contribution in [0.1, 0.15) is 6.42 Å². The smallest absolute Gasteiger partial charge is 0.251 e. The van der Waals surface area contributed by atoms with Gasteiger partial charge in [-0.3, -0.25) is 4.79 Å². The number of anilines is 1. The number of nitrogens with zero attached hydrogens (tertiary/aromatic N) is 1. The molecule has 0 radical (unpaired) electrons. The maximum atomic E-state index is 11.4. The predicted octanol–water partition coefficient (Wildman–Crippen LogP) is -0.365. The highest BCUT2D eigenvalue weighted by atomic mass is 16.3. The number of hydrazine groups is 1. The Labute approximate surface area is 87.3 Å². The Bertz CT molecular complexity index is 364. The molecular formula is C9H15N3O3. The topological polar surface area (TPSA) is 91.7 Å². The van der Waals surface area contributed by atoms with E-state index in [9.17, 15) is 4.79 Å². The van der Waals surface area contributed by atoms with Gasteiger partial charge in [0.1, 0.15) is 18.2 Å². The average Bonchev–Trinajstić information content (AvgIpc) is 2.22. The number of hydrogen-bond acceptors (Lipinski definition) is 6. The van der Waals surface area contributed by atoms with Crippen molar-refractivity contribution < 1.29 is 9.52 Å². The van der Waals surface area contributed by atoms with Gasteiger partial charge in [-0.15, -0.1) is 0 Å². The Balaban J connectivity index is 2.69. The summed E-state index contributed by atoms with van der Waals surface area (Å²) in [5.41, 5.74) is -0.362. The summed E-state index contributed by atoms with van der Waals surface area (Å²) in [5.74, 6) is 5.21. The van der Waals surface area contributed by atoms with Crippen molar-refractivity contribution in [1.29, 1.82) is 0 Å². The van der Waals surface area contributed by atoms with Crippen molar-refractivity contribution in [1.82, 2.24) is 5.32 Å². The molecule has 0 atom stereocenters. The molecule has 6 nitrogen and oxygen atoms in total. The zero-order valence-corrected chi connectivity index (χ0v) is 8.56. The normalized spacial score (nSPS) is 10.3. The minimum absolute atomic E-state index is 0.158. The number of rotatable bonds is 5. The quantitative estimate of drug-likeness (QED) is 0.351. The van der Waals surface area contributed by atoms with Gasteiger partial charge in [-0.05, 0) is 20.0 Å². The first-order valence-electron chi connectivity index (χ1n) is 4.63. The molecule has 4 N–H and O–H groups in total. The van der Waals surface area contributed by atoms with Crippen molar-refractivity contribution in [2.75, 3.05) is 25.1 Å². The van der Waals surface area contributed by atoms with Gasteiger partial charge in [-0.1, -0.05) is 0 Å². The molecule has 15 heavy (non-hydrogen) atoms. The molecule has 1 heterocycles. The van der Waals surface area contributed by atoms with Crippen molar-refractivity contribution in [3.8, 4) is 5.75 Å². The minimum Gasteiger partial charge on any atom is -0.502 e. The number of aromatic hydroxyl groups is 1. The molecule has 1 rings (SSSR count). The van der Waals surface area contributed by atoms with Gasteiger partial charge in [0.2, 0.25) is 5.75 Å². The van der Waals surface area contributed by atoms with Crippen molar-refractivity contribution in [2.45, 2.75) is 6.42 Å². The summed E-state index contributed by atoms with van der Waals surface area (Å²) in [6.45, 7) is 1.31. The van der Waals surface area contributed by atoms with Crippen LogP contribution in [0.3, 0.4) is 0 Å². The van der Waals surface area contributed by atoms with Crippen LogP contribution in [-0.4, -0.2) is 25.2 Å². The van der Waals surface area contributed by atoms with E-state index in [1.807, 2.05) is 7.05 Å². The van der Waals surface area contributed by atoms with Gasteiger partial charge in [0.25, 0.3) is 5.43 Å². The monoisotopic (exact) mass is 213 g/mol. The molecule has 0 saturated carbocycles. The van der Waals surface area contributed by atoms with Crippen LogP contribution in [0.4, 0.5) is 5.69 Å². The third-order valence-electron chi connectivity index (χ3n) is 1.96. The molecule has 0 aliphatic carbocycles. The molecule has 0 bridgehead atoms. The summed E-state index contributed by atoms with van der Waals surface area (Å²) in [7, 11) is 1.84. The highest BCUT2D eigenvalue weighted by Gasteiger charge is 2.09. The first-order chi connectivity index (χ1) is 7.16. The molecule has 1 aromatic heterocycles. The maximum absolute atomic E-state index is 11.4. The maximum Gasteiger partial charge on any atom is 0.251 e. The summed E-state index contributed by atoms with van der Waals surface area (Å²) in [6.07, 6.45) is 3.00. The fraction of sp³-hybridized carbons (Fsp3) is 0.444. The van der Waals surface area contributed by atoms with Crippen LogP contribution in [0.15, 0.2) is 21.7 Å². The number of hydrogen-bond donors (Lipinski definition) is 3. The van der Waals surface area contributed by atoms with E-state index in [0.717, 1.165) is 19.2 Å². The summed E-state index contributed by atoms with van der Waals surface area (Å²) in [4.78, 5) is 11.4. The van der Waals surface area contributed by atoms with E-state index in [1.54, 1.807) is 0 Å². The van der Waals surface area contributed by atoms with E-state index >= 15 is 0 Å². The molecule has 0 saturated heterocycles. The SMILES string of the molecule is CNCCCN(N)c1cocc(O)c1=O. The van der Waals surface area contributed by atoms with Gasteiger partial charge in [0, 0.05) is 6.54 Å². The van der Waals surface area contributed by atoms with Gasteiger partial charge in [-0.25, -0.2) is 5.84 Å². The zero-order chi connectivity index (χ0) is 11.3. The predicted molar refractivity (Wildman–Crippen MR) is 56.7 cm³/mol. The van der Waals surface area contributed by atoms with Gasteiger partial charge in [0.15, 0.2) is 0 Å². The fourth-order valence-corrected chi connectivity index (χ4v) is 1.15. The average molecular weight is 213 g/mol. The van der Waals surface area contributed by atoms with Gasteiger partial charge in [-0.2, -0.15) is 0 Å². The van der Waals surface area contributed by atoms with Crippen LogP contribution in [0, 0.1) is 0 Å². The third-order valence-corrected chi connectivity index (χ3v) is 1.96. The molecule has 0 aliphatic heterocycles. The molecule has 0 unspecified atom stereocenters. The van der Waals surface area contributed by atoms with E-state index in [4.69, 9.17) is 15.4 Å². The Morgan fingerprint density at radius 2 is 2.33 bits per heavy atom. The van der Waals surface area contributed by atoms with Gasteiger partial charge in [0.05, 0.1) is 0 Å². The van der Waals surface area contributed by atoms with Crippen molar-refractivity contribution in [3.63, 3.8) is 0 Å². The van der Waals surface area contributed by atoms with E-state index in [-0.39, 0.29) is 5.69 Å². The van der Waals surface area contributed by atoms with E-state index in [1.165, 1.54) is 11.3 Å². The molecule has 6 heteroatoms. The fourth-order valence-electron chi connectivity index (χ4n) is 1.15. The molecule has 0 amide bonds. The molecule has 1 aromatic rings. The highest BCUT2D eigenvalue weighted by Crippen LogP contribution is 2.09. The molecule has 0 aliphatic rings. The lowest BCUT2D eigenvalue weighted by molar-refractivity contribution is 0.429. The lowest BCUT2D eigenvalue weighted by Gasteiger charge is -2.16. The van der Waals surface area contributed by atoms with E-state index in [0.29, 0.717) is 6.54 Å². The lowest BCUT2D eigenvalue weighted by Crippen LogP contribution is -2.36. The van der Waals surface area contributed by atoms with Gasteiger partial charge < -0.3 is 19.8 Å². The Morgan fingerprint density at radius 3 is 3.00 bits per heavy atom. The molecule has 84 valence electrons.